The number of hydrogen-bond donors (Lipinski definition) is 1. The lowest BCUT2D eigenvalue weighted by molar-refractivity contribution is 0.266. The average Bonchev–Trinajstić information content (AvgIpc) is 2.75. The van der Waals surface area contributed by atoms with Gasteiger partial charge in [-0.3, -0.25) is 4.79 Å². The average molecular weight is 398 g/mol. The molecule has 0 unspecified atom stereocenters. The fraction of sp³-hybridized carbons (Fsp3) is 0.409. The molecule has 6 heteroatoms. The van der Waals surface area contributed by atoms with Crippen molar-refractivity contribution >= 4 is 28.4 Å². The van der Waals surface area contributed by atoms with Gasteiger partial charge in [0.25, 0.3) is 5.24 Å². The van der Waals surface area contributed by atoms with Crippen LogP contribution in [0, 0.1) is 0 Å². The molecule has 0 radical (unpaired) electrons. The Bertz CT molecular complexity index is 843. The lowest BCUT2D eigenvalue weighted by Crippen LogP contribution is -2.45. The third-order valence-corrected chi connectivity index (χ3v) is 6.57. The van der Waals surface area contributed by atoms with E-state index in [1.165, 1.54) is 30.3 Å². The summed E-state index contributed by atoms with van der Waals surface area (Å²) in [7, 11) is 3.56. The number of carbonyl (C=O) groups excluding carboxylic acids is 1. The van der Waals surface area contributed by atoms with E-state index >= 15 is 0 Å². The van der Waals surface area contributed by atoms with Gasteiger partial charge in [-0.15, -0.1) is 0 Å². The number of hydrogen-bond acceptors (Lipinski definition) is 5. The third kappa shape index (κ3) is 3.98. The minimum absolute atomic E-state index is 0.0994. The van der Waals surface area contributed by atoms with Crippen LogP contribution in [0.15, 0.2) is 42.5 Å². The van der Waals surface area contributed by atoms with Crippen molar-refractivity contribution in [2.75, 3.05) is 37.0 Å². The van der Waals surface area contributed by atoms with Crippen LogP contribution >= 0.6 is 11.8 Å². The molecule has 4 rings (SSSR count). The smallest absolute Gasteiger partial charge is 0.286 e. The van der Waals surface area contributed by atoms with Gasteiger partial charge >= 0.3 is 0 Å². The van der Waals surface area contributed by atoms with Crippen molar-refractivity contribution in [3.8, 4) is 5.75 Å². The lowest BCUT2D eigenvalue weighted by Gasteiger charge is -2.35. The summed E-state index contributed by atoms with van der Waals surface area (Å²) in [5, 5.41) is 3.81. The molecule has 0 aromatic heterocycles. The zero-order valence-corrected chi connectivity index (χ0v) is 17.3. The maximum Gasteiger partial charge on any atom is 0.286 e. The van der Waals surface area contributed by atoms with Gasteiger partial charge in [-0.1, -0.05) is 30.0 Å². The molecule has 2 aromatic carbocycles. The largest absolute Gasteiger partial charge is 0.496 e. The van der Waals surface area contributed by atoms with E-state index in [0.717, 1.165) is 42.2 Å². The first-order valence-corrected chi connectivity index (χ1v) is 10.8. The summed E-state index contributed by atoms with van der Waals surface area (Å²) >= 11 is 1.34. The second kappa shape index (κ2) is 8.45. The van der Waals surface area contributed by atoms with Crippen LogP contribution in [-0.2, 0) is 12.3 Å². The van der Waals surface area contributed by atoms with E-state index in [2.05, 4.69) is 52.7 Å². The Kier molecular flexibility index (Phi) is 5.78. The Morgan fingerprint density at radius 1 is 1.25 bits per heavy atom. The minimum Gasteiger partial charge on any atom is -0.496 e. The number of ether oxygens (including phenoxy) is 1. The van der Waals surface area contributed by atoms with Crippen molar-refractivity contribution in [2.24, 2.45) is 0 Å². The number of methoxy groups -OCH3 is 1. The quantitative estimate of drug-likeness (QED) is 0.817. The first-order valence-electron chi connectivity index (χ1n) is 9.79. The summed E-state index contributed by atoms with van der Waals surface area (Å²) in [6, 6.07) is 15.2. The topological polar surface area (TPSA) is 44.8 Å². The molecule has 5 nitrogen and oxygen atoms in total. The van der Waals surface area contributed by atoms with Crippen molar-refractivity contribution in [1.82, 2.24) is 5.32 Å². The number of fused-ring (bicyclic) bond motifs is 1. The maximum absolute atomic E-state index is 12.0. The first-order chi connectivity index (χ1) is 13.7. The standard InChI is InChI=1S/C22H27N3O2S/c1-24-20-11-16(21(27-2)12-17(20)15-28-22(24)26)13-23-18-7-6-10-25(14-18)19-8-4-3-5-9-19/h3-5,8-9,11-12,18,23H,6-7,10,13-15H2,1-2H3/t18-/m0/s1. The molecule has 2 aliphatic heterocycles. The predicted molar refractivity (Wildman–Crippen MR) is 117 cm³/mol. The number of carbonyl (C=O) groups is 1. The van der Waals surface area contributed by atoms with E-state index in [1.807, 2.05) is 7.05 Å². The fourth-order valence-electron chi connectivity index (χ4n) is 4.02. The molecule has 2 aromatic rings. The molecule has 1 saturated heterocycles. The number of rotatable bonds is 5. The number of benzene rings is 2. The van der Waals surface area contributed by atoms with Gasteiger partial charge in [0.1, 0.15) is 5.75 Å². The number of para-hydroxylation sites is 1. The molecule has 1 fully saturated rings. The summed E-state index contributed by atoms with van der Waals surface area (Å²) in [4.78, 5) is 16.2. The molecule has 0 aliphatic carbocycles. The van der Waals surface area contributed by atoms with Crippen LogP contribution in [0.25, 0.3) is 0 Å². The van der Waals surface area contributed by atoms with Crippen molar-refractivity contribution in [3.05, 3.63) is 53.6 Å². The van der Waals surface area contributed by atoms with Crippen LogP contribution < -0.4 is 19.9 Å². The summed E-state index contributed by atoms with van der Waals surface area (Å²) in [5.74, 6) is 1.60. The van der Waals surface area contributed by atoms with Crippen LogP contribution in [0.5, 0.6) is 5.75 Å². The number of nitrogens with one attached hydrogen (secondary N) is 1. The van der Waals surface area contributed by atoms with E-state index in [-0.39, 0.29) is 5.24 Å². The molecule has 28 heavy (non-hydrogen) atoms. The molecule has 2 heterocycles. The van der Waals surface area contributed by atoms with Gasteiger partial charge in [0.2, 0.25) is 0 Å². The van der Waals surface area contributed by atoms with Gasteiger partial charge in [0.05, 0.1) is 7.11 Å². The highest BCUT2D eigenvalue weighted by molar-refractivity contribution is 8.13. The Morgan fingerprint density at radius 3 is 2.86 bits per heavy atom. The van der Waals surface area contributed by atoms with Crippen molar-refractivity contribution in [2.45, 2.75) is 31.2 Å². The normalized spacial score (nSPS) is 19.5. The van der Waals surface area contributed by atoms with Crippen LogP contribution in [0.2, 0.25) is 0 Å². The molecule has 0 saturated carbocycles. The molecule has 0 spiro atoms. The second-order valence-corrected chi connectivity index (χ2v) is 8.33. The number of anilines is 2. The zero-order chi connectivity index (χ0) is 19.5. The maximum atomic E-state index is 12.0. The van der Waals surface area contributed by atoms with Crippen molar-refractivity contribution in [1.29, 1.82) is 0 Å². The van der Waals surface area contributed by atoms with E-state index in [9.17, 15) is 4.79 Å². The summed E-state index contributed by atoms with van der Waals surface area (Å²) in [6.07, 6.45) is 2.36. The molecule has 1 N–H and O–H groups in total. The summed E-state index contributed by atoms with van der Waals surface area (Å²) in [5.41, 5.74) is 4.54. The van der Waals surface area contributed by atoms with Gasteiger partial charge in [-0.25, -0.2) is 0 Å². The number of amides is 1. The number of nitrogens with zero attached hydrogens (tertiary/aromatic N) is 2. The Balaban J connectivity index is 1.46. The zero-order valence-electron chi connectivity index (χ0n) is 16.5. The van der Waals surface area contributed by atoms with Gasteiger partial charge in [-0.2, -0.15) is 0 Å². The number of thioether (sulfide) groups is 1. The summed E-state index contributed by atoms with van der Waals surface area (Å²) in [6.45, 7) is 2.85. The van der Waals surface area contributed by atoms with Crippen LogP contribution in [0.4, 0.5) is 16.2 Å². The molecule has 1 atom stereocenters. The second-order valence-electron chi connectivity index (χ2n) is 7.41. The van der Waals surface area contributed by atoms with E-state index in [1.54, 1.807) is 12.0 Å². The molecular formula is C22H27N3O2S. The lowest BCUT2D eigenvalue weighted by atomic mass is 10.0. The Hall–Kier alpha value is -2.18. The fourth-order valence-corrected chi connectivity index (χ4v) is 4.82. The van der Waals surface area contributed by atoms with Crippen LogP contribution in [0.1, 0.15) is 24.0 Å². The molecule has 148 valence electrons. The predicted octanol–water partition coefficient (Wildman–Crippen LogP) is 4.26. The minimum atomic E-state index is 0.0994. The molecular weight excluding hydrogens is 370 g/mol. The van der Waals surface area contributed by atoms with Crippen molar-refractivity contribution in [3.63, 3.8) is 0 Å². The third-order valence-electron chi connectivity index (χ3n) is 5.59. The highest BCUT2D eigenvalue weighted by Crippen LogP contribution is 2.37. The van der Waals surface area contributed by atoms with Crippen LogP contribution in [0.3, 0.4) is 0 Å². The van der Waals surface area contributed by atoms with Gasteiger partial charge in [-0.05, 0) is 42.7 Å². The van der Waals surface area contributed by atoms with Crippen molar-refractivity contribution < 1.29 is 9.53 Å². The van der Waals surface area contributed by atoms with E-state index in [4.69, 9.17) is 4.74 Å². The SMILES string of the molecule is COc1cc2c(cc1CN[C@H]1CCCN(c3ccccc3)C1)N(C)C(=O)SC2. The monoisotopic (exact) mass is 397 g/mol. The van der Waals surface area contributed by atoms with Gasteiger partial charge in [0.15, 0.2) is 0 Å². The van der Waals surface area contributed by atoms with E-state index in [0.29, 0.717) is 11.8 Å². The first kappa shape index (κ1) is 19.2. The Labute approximate surface area is 171 Å². The van der Waals surface area contributed by atoms with Gasteiger partial charge < -0.3 is 19.9 Å². The molecule has 1 amide bonds. The summed E-state index contributed by atoms with van der Waals surface area (Å²) < 4.78 is 5.64. The highest BCUT2D eigenvalue weighted by Gasteiger charge is 2.24. The van der Waals surface area contributed by atoms with E-state index < -0.39 is 0 Å². The highest BCUT2D eigenvalue weighted by atomic mass is 32.2. The van der Waals surface area contributed by atoms with Gasteiger partial charge in [0, 0.05) is 55.4 Å². The Morgan fingerprint density at radius 2 is 2.07 bits per heavy atom. The molecule has 0 bridgehead atoms. The number of piperidine rings is 1. The van der Waals surface area contributed by atoms with Crippen LogP contribution in [-0.4, -0.2) is 38.5 Å². The molecule has 2 aliphatic rings.